The Morgan fingerprint density at radius 1 is 1.15 bits per heavy atom. The zero-order chi connectivity index (χ0) is 15.6. The molecule has 0 aliphatic rings. The standard InChI is InChI=1S/C11H18N4O4S/c1-14(10-5-11(16)19-2)20(17,18)15(8-3-6-12)9-4-7-13/h3-5,8-10H2,1-2H3. The van der Waals surface area contributed by atoms with Crippen molar-refractivity contribution < 1.29 is 17.9 Å². The zero-order valence-corrected chi connectivity index (χ0v) is 12.4. The van der Waals surface area contributed by atoms with Crippen molar-refractivity contribution in [1.82, 2.24) is 8.61 Å². The van der Waals surface area contributed by atoms with Crippen LogP contribution >= 0.6 is 0 Å². The summed E-state index contributed by atoms with van der Waals surface area (Å²) in [5.41, 5.74) is 0. The highest BCUT2D eigenvalue weighted by Gasteiger charge is 2.26. The van der Waals surface area contributed by atoms with E-state index in [2.05, 4.69) is 4.74 Å². The molecule has 0 atom stereocenters. The number of ether oxygens (including phenoxy) is 1. The zero-order valence-electron chi connectivity index (χ0n) is 11.6. The first kappa shape index (κ1) is 18.3. The van der Waals surface area contributed by atoms with Crippen LogP contribution in [-0.4, -0.2) is 56.8 Å². The molecular formula is C11H18N4O4S. The Bertz CT molecular complexity index is 474. The Morgan fingerprint density at radius 2 is 1.65 bits per heavy atom. The lowest BCUT2D eigenvalue weighted by molar-refractivity contribution is -0.140. The van der Waals surface area contributed by atoms with E-state index in [0.717, 1.165) is 8.61 Å². The second-order valence-electron chi connectivity index (χ2n) is 3.87. The molecular weight excluding hydrogens is 284 g/mol. The highest BCUT2D eigenvalue weighted by molar-refractivity contribution is 7.86. The maximum Gasteiger partial charge on any atom is 0.306 e. The number of carbonyl (C=O) groups excluding carboxylic acids is 1. The van der Waals surface area contributed by atoms with Crippen LogP contribution in [0.4, 0.5) is 0 Å². The van der Waals surface area contributed by atoms with Gasteiger partial charge in [-0.3, -0.25) is 4.79 Å². The molecule has 0 aromatic rings. The number of esters is 1. The van der Waals surface area contributed by atoms with Gasteiger partial charge in [0.05, 0.1) is 25.7 Å². The Kier molecular flexibility index (Phi) is 8.48. The van der Waals surface area contributed by atoms with Gasteiger partial charge in [-0.15, -0.1) is 0 Å². The molecule has 0 amide bonds. The molecule has 0 rings (SSSR count). The monoisotopic (exact) mass is 302 g/mol. The average molecular weight is 302 g/mol. The molecule has 8 nitrogen and oxygen atoms in total. The maximum absolute atomic E-state index is 12.2. The summed E-state index contributed by atoms with van der Waals surface area (Å²) in [6, 6.07) is 3.73. The van der Waals surface area contributed by atoms with Crippen LogP contribution in [0.3, 0.4) is 0 Å². The summed E-state index contributed by atoms with van der Waals surface area (Å²) in [7, 11) is -1.23. The van der Waals surface area contributed by atoms with Crippen LogP contribution in [-0.2, 0) is 19.7 Å². The fourth-order valence-corrected chi connectivity index (χ4v) is 2.72. The molecule has 0 aromatic carbocycles. The molecule has 0 spiro atoms. The number of hydrogen-bond donors (Lipinski definition) is 0. The van der Waals surface area contributed by atoms with Crippen LogP contribution in [0.15, 0.2) is 0 Å². The summed E-state index contributed by atoms with van der Waals surface area (Å²) in [5.74, 6) is -0.507. The normalized spacial score (nSPS) is 11.1. The molecule has 9 heteroatoms. The third kappa shape index (κ3) is 5.97. The molecule has 0 saturated carbocycles. The van der Waals surface area contributed by atoms with Crippen LogP contribution < -0.4 is 0 Å². The van der Waals surface area contributed by atoms with Gasteiger partial charge in [-0.05, 0) is 0 Å². The smallest absolute Gasteiger partial charge is 0.306 e. The van der Waals surface area contributed by atoms with Crippen molar-refractivity contribution in [2.45, 2.75) is 19.3 Å². The highest BCUT2D eigenvalue weighted by atomic mass is 32.2. The predicted octanol–water partition coefficient (Wildman–Crippen LogP) is -0.145. The molecule has 0 unspecified atom stereocenters. The fraction of sp³-hybridized carbons (Fsp3) is 0.727. The SMILES string of the molecule is COC(=O)CCN(C)S(=O)(=O)N(CCC#N)CCC#N. The number of rotatable bonds is 9. The minimum atomic E-state index is -3.79. The second-order valence-corrected chi connectivity index (χ2v) is 5.91. The van der Waals surface area contributed by atoms with Gasteiger partial charge in [0.15, 0.2) is 0 Å². The lowest BCUT2D eigenvalue weighted by Gasteiger charge is -2.26. The largest absolute Gasteiger partial charge is 0.469 e. The molecule has 0 fully saturated rings. The number of nitriles is 2. The van der Waals surface area contributed by atoms with Gasteiger partial charge in [0, 0.05) is 39.5 Å². The summed E-state index contributed by atoms with van der Waals surface area (Å²) in [6.07, 6.45) is 0.0154. The first-order valence-corrected chi connectivity index (χ1v) is 7.32. The maximum atomic E-state index is 12.2. The van der Waals surface area contributed by atoms with Crippen molar-refractivity contribution in [1.29, 1.82) is 10.5 Å². The number of carbonyl (C=O) groups is 1. The topological polar surface area (TPSA) is 114 Å². The minimum Gasteiger partial charge on any atom is -0.469 e. The van der Waals surface area contributed by atoms with Crippen LogP contribution in [0.2, 0.25) is 0 Å². The van der Waals surface area contributed by atoms with E-state index < -0.39 is 16.2 Å². The van der Waals surface area contributed by atoms with Crippen molar-refractivity contribution in [2.24, 2.45) is 0 Å². The molecule has 0 aromatic heterocycles. The van der Waals surface area contributed by atoms with E-state index >= 15 is 0 Å². The Morgan fingerprint density at radius 3 is 2.05 bits per heavy atom. The average Bonchev–Trinajstić information content (AvgIpc) is 2.43. The van der Waals surface area contributed by atoms with E-state index in [9.17, 15) is 13.2 Å². The Hall–Kier alpha value is -1.68. The van der Waals surface area contributed by atoms with Gasteiger partial charge in [-0.2, -0.15) is 27.6 Å². The summed E-state index contributed by atoms with van der Waals surface area (Å²) in [5, 5.41) is 17.1. The third-order valence-electron chi connectivity index (χ3n) is 2.52. The summed E-state index contributed by atoms with van der Waals surface area (Å²) >= 11 is 0. The molecule has 0 saturated heterocycles. The molecule has 112 valence electrons. The van der Waals surface area contributed by atoms with E-state index in [0.29, 0.717) is 0 Å². The molecule has 0 radical (unpaired) electrons. The molecule has 0 aliphatic heterocycles. The van der Waals surface area contributed by atoms with E-state index in [4.69, 9.17) is 10.5 Å². The van der Waals surface area contributed by atoms with E-state index in [1.165, 1.54) is 14.2 Å². The number of hydrogen-bond acceptors (Lipinski definition) is 6. The quantitative estimate of drug-likeness (QED) is 0.547. The van der Waals surface area contributed by atoms with E-state index in [-0.39, 0.29) is 38.9 Å². The lowest BCUT2D eigenvalue weighted by Crippen LogP contribution is -2.43. The first-order chi connectivity index (χ1) is 9.39. The van der Waals surface area contributed by atoms with Crippen LogP contribution in [0.5, 0.6) is 0 Å². The van der Waals surface area contributed by atoms with Crippen LogP contribution in [0, 0.1) is 22.7 Å². The van der Waals surface area contributed by atoms with Crippen molar-refractivity contribution >= 4 is 16.2 Å². The number of methoxy groups -OCH3 is 1. The minimum absolute atomic E-state index is 0.0169. The summed E-state index contributed by atoms with van der Waals surface area (Å²) in [4.78, 5) is 11.0. The van der Waals surface area contributed by atoms with Gasteiger partial charge < -0.3 is 4.74 Å². The van der Waals surface area contributed by atoms with Crippen molar-refractivity contribution in [3.63, 3.8) is 0 Å². The van der Waals surface area contributed by atoms with Gasteiger partial charge in [-0.1, -0.05) is 0 Å². The van der Waals surface area contributed by atoms with Gasteiger partial charge in [0.25, 0.3) is 10.2 Å². The Labute approximate surface area is 119 Å². The van der Waals surface area contributed by atoms with Crippen molar-refractivity contribution in [3.05, 3.63) is 0 Å². The van der Waals surface area contributed by atoms with E-state index in [1.807, 2.05) is 12.1 Å². The van der Waals surface area contributed by atoms with Gasteiger partial charge in [0.2, 0.25) is 0 Å². The molecule has 0 aliphatic carbocycles. The third-order valence-corrected chi connectivity index (χ3v) is 4.51. The first-order valence-electron chi connectivity index (χ1n) is 5.92. The fourth-order valence-electron chi connectivity index (χ4n) is 1.36. The lowest BCUT2D eigenvalue weighted by atomic mass is 10.4. The van der Waals surface area contributed by atoms with Crippen molar-refractivity contribution in [3.8, 4) is 12.1 Å². The van der Waals surface area contributed by atoms with Gasteiger partial charge >= 0.3 is 5.97 Å². The number of nitrogens with zero attached hydrogens (tertiary/aromatic N) is 4. The molecule has 0 heterocycles. The van der Waals surface area contributed by atoms with Gasteiger partial charge in [-0.25, -0.2) is 0 Å². The predicted molar refractivity (Wildman–Crippen MR) is 70.2 cm³/mol. The summed E-state index contributed by atoms with van der Waals surface area (Å²) in [6.45, 7) is 0.0107. The van der Waals surface area contributed by atoms with Crippen molar-refractivity contribution in [2.75, 3.05) is 33.8 Å². The molecule has 0 bridgehead atoms. The summed E-state index contributed by atoms with van der Waals surface area (Å²) < 4.78 is 31.0. The molecule has 0 N–H and O–H groups in total. The van der Waals surface area contributed by atoms with Crippen LogP contribution in [0.1, 0.15) is 19.3 Å². The molecule has 20 heavy (non-hydrogen) atoms. The highest BCUT2D eigenvalue weighted by Crippen LogP contribution is 2.09. The Balaban J connectivity index is 4.78. The van der Waals surface area contributed by atoms with E-state index in [1.54, 1.807) is 0 Å². The van der Waals surface area contributed by atoms with Gasteiger partial charge in [0.1, 0.15) is 0 Å². The second kappa shape index (κ2) is 9.26. The van der Waals surface area contributed by atoms with Crippen LogP contribution in [0.25, 0.3) is 0 Å².